The van der Waals surface area contributed by atoms with Crippen molar-refractivity contribution in [2.75, 3.05) is 19.8 Å². The van der Waals surface area contributed by atoms with Crippen LogP contribution in [0.5, 0.6) is 11.5 Å². The predicted octanol–water partition coefficient (Wildman–Crippen LogP) is 3.80. The molecule has 1 aliphatic rings. The number of aliphatic hydroxyl groups excluding tert-OH is 1. The van der Waals surface area contributed by atoms with Crippen LogP contribution in [0, 0.1) is 5.92 Å². The summed E-state index contributed by atoms with van der Waals surface area (Å²) in [5.41, 5.74) is 2.16. The van der Waals surface area contributed by atoms with E-state index >= 15 is 0 Å². The first-order valence-corrected chi connectivity index (χ1v) is 7.97. The highest BCUT2D eigenvalue weighted by molar-refractivity contribution is 5.56. The second-order valence-corrected chi connectivity index (χ2v) is 6.24. The Balaban J connectivity index is 2.22. The molecule has 0 spiro atoms. The first-order valence-electron chi connectivity index (χ1n) is 7.97. The van der Waals surface area contributed by atoms with Crippen LogP contribution in [0.25, 0.3) is 6.08 Å². The van der Waals surface area contributed by atoms with Crippen molar-refractivity contribution < 1.29 is 19.3 Å². The van der Waals surface area contributed by atoms with Gasteiger partial charge in [-0.3, -0.25) is 0 Å². The largest absolute Gasteiger partial charge is 0.483 e. The molecule has 0 bridgehead atoms. The van der Waals surface area contributed by atoms with Crippen molar-refractivity contribution >= 4 is 6.08 Å². The van der Waals surface area contributed by atoms with Crippen LogP contribution in [0.3, 0.4) is 0 Å². The van der Waals surface area contributed by atoms with Crippen LogP contribution in [-0.4, -0.2) is 30.7 Å². The number of aliphatic hydroxyl groups is 1. The maximum Gasteiger partial charge on any atom is 0.247 e. The van der Waals surface area contributed by atoms with Gasteiger partial charge in [0.15, 0.2) is 18.1 Å². The molecular formula is C19H26O4. The first-order chi connectivity index (χ1) is 11.0. The Morgan fingerprint density at radius 2 is 2.13 bits per heavy atom. The molecule has 1 aromatic rings. The second-order valence-electron chi connectivity index (χ2n) is 6.24. The summed E-state index contributed by atoms with van der Waals surface area (Å²) in [7, 11) is 0. The summed E-state index contributed by atoms with van der Waals surface area (Å²) >= 11 is 0. The maximum atomic E-state index is 8.90. The molecule has 0 aromatic heterocycles. The van der Waals surface area contributed by atoms with Gasteiger partial charge in [-0.1, -0.05) is 43.7 Å². The van der Waals surface area contributed by atoms with Gasteiger partial charge >= 0.3 is 0 Å². The van der Waals surface area contributed by atoms with Crippen LogP contribution in [0.15, 0.2) is 35.9 Å². The van der Waals surface area contributed by atoms with Gasteiger partial charge in [0.05, 0.1) is 13.2 Å². The molecule has 0 fully saturated rings. The van der Waals surface area contributed by atoms with Crippen LogP contribution >= 0.6 is 0 Å². The molecule has 1 aromatic carbocycles. The van der Waals surface area contributed by atoms with Gasteiger partial charge in [0.25, 0.3) is 0 Å². The molecule has 0 radical (unpaired) electrons. The van der Waals surface area contributed by atoms with Crippen molar-refractivity contribution in [2.45, 2.75) is 33.5 Å². The Kier molecular flexibility index (Phi) is 5.85. The van der Waals surface area contributed by atoms with Gasteiger partial charge in [-0.05, 0) is 31.5 Å². The van der Waals surface area contributed by atoms with Crippen molar-refractivity contribution in [3.63, 3.8) is 0 Å². The van der Waals surface area contributed by atoms with Crippen LogP contribution in [0.2, 0.25) is 0 Å². The molecular weight excluding hydrogens is 292 g/mol. The van der Waals surface area contributed by atoms with Gasteiger partial charge in [-0.15, -0.1) is 0 Å². The summed E-state index contributed by atoms with van der Waals surface area (Å²) in [5, 5.41) is 8.90. The highest BCUT2D eigenvalue weighted by Crippen LogP contribution is 2.39. The predicted molar refractivity (Wildman–Crippen MR) is 91.6 cm³/mol. The van der Waals surface area contributed by atoms with E-state index in [1.807, 2.05) is 44.2 Å². The zero-order chi connectivity index (χ0) is 16.9. The second kappa shape index (κ2) is 7.66. The first kappa shape index (κ1) is 17.6. The Hall–Kier alpha value is -1.78. The van der Waals surface area contributed by atoms with Gasteiger partial charge in [0.2, 0.25) is 5.79 Å². The van der Waals surface area contributed by atoms with Crippen LogP contribution in [0.1, 0.15) is 33.3 Å². The summed E-state index contributed by atoms with van der Waals surface area (Å²) in [6, 6.07) is 5.72. The third-order valence-electron chi connectivity index (χ3n) is 3.79. The molecule has 1 aliphatic heterocycles. The van der Waals surface area contributed by atoms with Crippen LogP contribution in [0.4, 0.5) is 0 Å². The number of hydrogen-bond acceptors (Lipinski definition) is 4. The summed E-state index contributed by atoms with van der Waals surface area (Å²) in [5.74, 6) is 0.728. The minimum absolute atomic E-state index is 0.0101. The van der Waals surface area contributed by atoms with E-state index < -0.39 is 5.79 Å². The lowest BCUT2D eigenvalue weighted by Crippen LogP contribution is -2.51. The van der Waals surface area contributed by atoms with Gasteiger partial charge in [0.1, 0.15) is 0 Å². The molecule has 0 amide bonds. The molecule has 126 valence electrons. The van der Waals surface area contributed by atoms with E-state index in [2.05, 4.69) is 13.8 Å². The number of hydrogen-bond donors (Lipinski definition) is 1. The fraction of sp³-hybridized carbons (Fsp3) is 0.474. The van der Waals surface area contributed by atoms with E-state index in [-0.39, 0.29) is 12.5 Å². The van der Waals surface area contributed by atoms with E-state index in [1.165, 1.54) is 5.57 Å². The Morgan fingerprint density at radius 3 is 2.78 bits per heavy atom. The number of fused-ring (bicyclic) bond motifs is 1. The third-order valence-corrected chi connectivity index (χ3v) is 3.79. The molecule has 1 N–H and O–H groups in total. The smallest absolute Gasteiger partial charge is 0.247 e. The highest BCUT2D eigenvalue weighted by Gasteiger charge is 2.42. The van der Waals surface area contributed by atoms with E-state index in [0.29, 0.717) is 24.7 Å². The standard InChI is InChI=1S/C19H26O4/c1-14(2)9-11-22-19(15(3)4)13-21-17-8-7-16(6-5-10-20)12-18(17)23-19/h5-9,12,15,20H,10-11,13H2,1-4H3/b6-5+. The highest BCUT2D eigenvalue weighted by atomic mass is 16.7. The molecule has 0 saturated heterocycles. The van der Waals surface area contributed by atoms with Crippen LogP contribution in [-0.2, 0) is 4.74 Å². The SMILES string of the molecule is CC(C)=CCOC1(C(C)C)COc2ccc(/C=C/CO)cc2O1. The van der Waals surface area contributed by atoms with E-state index in [0.717, 1.165) is 5.56 Å². The molecule has 0 aliphatic carbocycles. The molecule has 2 rings (SSSR count). The lowest BCUT2D eigenvalue weighted by molar-refractivity contribution is -0.231. The number of allylic oxidation sites excluding steroid dienone is 1. The summed E-state index contributed by atoms with van der Waals surface area (Å²) < 4.78 is 18.1. The zero-order valence-corrected chi connectivity index (χ0v) is 14.3. The molecule has 4 heteroatoms. The fourth-order valence-electron chi connectivity index (χ4n) is 2.28. The zero-order valence-electron chi connectivity index (χ0n) is 14.3. The molecule has 1 heterocycles. The Labute approximate surface area is 138 Å². The van der Waals surface area contributed by atoms with E-state index in [4.69, 9.17) is 19.3 Å². The van der Waals surface area contributed by atoms with Crippen molar-refractivity contribution in [3.8, 4) is 11.5 Å². The average Bonchev–Trinajstić information content (AvgIpc) is 2.52. The number of ether oxygens (including phenoxy) is 3. The quantitative estimate of drug-likeness (QED) is 0.811. The Bertz CT molecular complexity index is 585. The summed E-state index contributed by atoms with van der Waals surface area (Å²) in [6.45, 7) is 9.07. The topological polar surface area (TPSA) is 47.9 Å². The van der Waals surface area contributed by atoms with E-state index in [9.17, 15) is 0 Å². The fourth-order valence-corrected chi connectivity index (χ4v) is 2.28. The molecule has 0 saturated carbocycles. The van der Waals surface area contributed by atoms with Crippen molar-refractivity contribution in [2.24, 2.45) is 5.92 Å². The van der Waals surface area contributed by atoms with Gasteiger partial charge in [0, 0.05) is 5.92 Å². The minimum atomic E-state index is -0.793. The van der Waals surface area contributed by atoms with Crippen LogP contribution < -0.4 is 9.47 Å². The lowest BCUT2D eigenvalue weighted by Gasteiger charge is -2.40. The van der Waals surface area contributed by atoms with Gasteiger partial charge in [-0.25, -0.2) is 0 Å². The van der Waals surface area contributed by atoms with Crippen molar-refractivity contribution in [3.05, 3.63) is 41.5 Å². The molecule has 1 unspecified atom stereocenters. The van der Waals surface area contributed by atoms with Crippen molar-refractivity contribution in [1.29, 1.82) is 0 Å². The molecule has 1 atom stereocenters. The summed E-state index contributed by atoms with van der Waals surface area (Å²) in [4.78, 5) is 0. The van der Waals surface area contributed by atoms with Crippen molar-refractivity contribution in [1.82, 2.24) is 0 Å². The minimum Gasteiger partial charge on any atom is -0.483 e. The number of rotatable bonds is 6. The monoisotopic (exact) mass is 318 g/mol. The normalized spacial score (nSPS) is 20.1. The third kappa shape index (κ3) is 4.36. The maximum absolute atomic E-state index is 8.90. The number of benzene rings is 1. The van der Waals surface area contributed by atoms with E-state index in [1.54, 1.807) is 6.08 Å². The lowest BCUT2D eigenvalue weighted by atomic mass is 10.0. The molecule has 23 heavy (non-hydrogen) atoms. The summed E-state index contributed by atoms with van der Waals surface area (Å²) in [6.07, 6.45) is 5.56. The Morgan fingerprint density at radius 1 is 1.35 bits per heavy atom. The molecule has 4 nitrogen and oxygen atoms in total. The average molecular weight is 318 g/mol. The van der Waals surface area contributed by atoms with Gasteiger partial charge < -0.3 is 19.3 Å². The van der Waals surface area contributed by atoms with Gasteiger partial charge in [-0.2, -0.15) is 0 Å².